The lowest BCUT2D eigenvalue weighted by Crippen LogP contribution is -2.18. The summed E-state index contributed by atoms with van der Waals surface area (Å²) in [6.45, 7) is 2.10. The molecule has 0 aliphatic rings. The molecule has 0 spiro atoms. The van der Waals surface area contributed by atoms with E-state index in [-0.39, 0.29) is 12.5 Å². The van der Waals surface area contributed by atoms with Gasteiger partial charge in [0.2, 0.25) is 17.7 Å². The molecular formula is C22H22N4O4. The summed E-state index contributed by atoms with van der Waals surface area (Å²) in [6.07, 6.45) is 2.56. The fourth-order valence-electron chi connectivity index (χ4n) is 3.22. The van der Waals surface area contributed by atoms with Gasteiger partial charge in [-0.05, 0) is 35.7 Å². The monoisotopic (exact) mass is 406 g/mol. The van der Waals surface area contributed by atoms with E-state index >= 15 is 0 Å². The van der Waals surface area contributed by atoms with Crippen LogP contribution in [0, 0.1) is 0 Å². The molecule has 0 radical (unpaired) electrons. The van der Waals surface area contributed by atoms with E-state index in [4.69, 9.17) is 13.9 Å². The van der Waals surface area contributed by atoms with Crippen LogP contribution in [-0.2, 0) is 17.8 Å². The van der Waals surface area contributed by atoms with Gasteiger partial charge in [0.25, 0.3) is 0 Å². The summed E-state index contributed by atoms with van der Waals surface area (Å²) in [5.74, 6) is 2.06. The number of nitrogens with one attached hydrogen (secondary N) is 1. The fraction of sp³-hybridized carbons (Fsp3) is 0.227. The second-order valence-corrected chi connectivity index (χ2v) is 6.69. The predicted molar refractivity (Wildman–Crippen MR) is 113 cm³/mol. The normalized spacial score (nSPS) is 10.9. The second kappa shape index (κ2) is 8.28. The second-order valence-electron chi connectivity index (χ2n) is 6.69. The zero-order valence-corrected chi connectivity index (χ0v) is 17.0. The molecule has 2 aromatic carbocycles. The van der Waals surface area contributed by atoms with Gasteiger partial charge in [0.1, 0.15) is 18.0 Å². The van der Waals surface area contributed by atoms with Gasteiger partial charge in [-0.2, -0.15) is 0 Å². The van der Waals surface area contributed by atoms with Crippen LogP contribution in [-0.4, -0.2) is 34.9 Å². The summed E-state index contributed by atoms with van der Waals surface area (Å²) in [5.41, 5.74) is 2.26. The van der Waals surface area contributed by atoms with Crippen LogP contribution < -0.4 is 14.8 Å². The van der Waals surface area contributed by atoms with E-state index in [9.17, 15) is 4.79 Å². The first-order chi connectivity index (χ1) is 14.6. The van der Waals surface area contributed by atoms with Gasteiger partial charge >= 0.3 is 0 Å². The van der Waals surface area contributed by atoms with Crippen molar-refractivity contribution < 1.29 is 18.7 Å². The molecule has 1 amide bonds. The number of ether oxygens (including phenoxy) is 2. The standard InChI is InChI=1S/C22H22N4O4/c1-4-21-24-25-22(30-21)15-6-5-14-9-10-26(18(14)11-15)13-20(27)23-17-12-16(28-2)7-8-19(17)29-3/h5-12H,4,13H2,1-3H3,(H,23,27). The van der Waals surface area contributed by atoms with Crippen molar-refractivity contribution >= 4 is 22.5 Å². The van der Waals surface area contributed by atoms with E-state index in [0.29, 0.717) is 35.4 Å². The molecule has 2 aromatic heterocycles. The lowest BCUT2D eigenvalue weighted by molar-refractivity contribution is -0.116. The zero-order valence-electron chi connectivity index (χ0n) is 17.0. The fourth-order valence-corrected chi connectivity index (χ4v) is 3.22. The van der Waals surface area contributed by atoms with E-state index in [1.165, 1.54) is 0 Å². The van der Waals surface area contributed by atoms with Crippen LogP contribution in [0.15, 0.2) is 53.1 Å². The molecule has 1 N–H and O–H groups in total. The van der Waals surface area contributed by atoms with Crippen LogP contribution in [0.5, 0.6) is 11.5 Å². The van der Waals surface area contributed by atoms with E-state index in [1.807, 2.05) is 42.0 Å². The average molecular weight is 406 g/mol. The van der Waals surface area contributed by atoms with E-state index in [0.717, 1.165) is 16.5 Å². The number of methoxy groups -OCH3 is 2. The quantitative estimate of drug-likeness (QED) is 0.500. The van der Waals surface area contributed by atoms with Gasteiger partial charge in [0.15, 0.2) is 0 Å². The zero-order chi connectivity index (χ0) is 21.1. The number of hydrogen-bond donors (Lipinski definition) is 1. The summed E-state index contributed by atoms with van der Waals surface area (Å²) < 4.78 is 18.1. The van der Waals surface area contributed by atoms with Crippen LogP contribution in [0.4, 0.5) is 5.69 Å². The minimum absolute atomic E-state index is 0.136. The maximum absolute atomic E-state index is 12.7. The summed E-state index contributed by atoms with van der Waals surface area (Å²) in [5, 5.41) is 12.0. The third kappa shape index (κ3) is 3.84. The van der Waals surface area contributed by atoms with Gasteiger partial charge in [-0.3, -0.25) is 4.79 Å². The summed E-state index contributed by atoms with van der Waals surface area (Å²) in [4.78, 5) is 12.7. The number of fused-ring (bicyclic) bond motifs is 1. The first-order valence-electron chi connectivity index (χ1n) is 9.54. The van der Waals surface area contributed by atoms with Gasteiger partial charge in [0, 0.05) is 29.8 Å². The first-order valence-corrected chi connectivity index (χ1v) is 9.54. The highest BCUT2D eigenvalue weighted by Crippen LogP contribution is 2.29. The van der Waals surface area contributed by atoms with Crippen molar-refractivity contribution in [3.63, 3.8) is 0 Å². The van der Waals surface area contributed by atoms with Crippen molar-refractivity contribution in [2.75, 3.05) is 19.5 Å². The number of carbonyl (C=O) groups excluding carboxylic acids is 1. The average Bonchev–Trinajstić information content (AvgIpc) is 3.40. The molecule has 154 valence electrons. The van der Waals surface area contributed by atoms with E-state index in [2.05, 4.69) is 15.5 Å². The van der Waals surface area contributed by atoms with Crippen molar-refractivity contribution in [2.45, 2.75) is 19.9 Å². The van der Waals surface area contributed by atoms with Gasteiger partial charge in [0.05, 0.1) is 19.9 Å². The van der Waals surface area contributed by atoms with Crippen molar-refractivity contribution in [1.29, 1.82) is 0 Å². The predicted octanol–water partition coefficient (Wildman–Crippen LogP) is 3.91. The third-order valence-corrected chi connectivity index (χ3v) is 4.78. The largest absolute Gasteiger partial charge is 0.497 e. The van der Waals surface area contributed by atoms with Gasteiger partial charge in [-0.25, -0.2) is 0 Å². The molecule has 0 atom stereocenters. The maximum Gasteiger partial charge on any atom is 0.247 e. The Bertz CT molecular complexity index is 1200. The number of aryl methyl sites for hydroxylation is 1. The summed E-state index contributed by atoms with van der Waals surface area (Å²) in [6, 6.07) is 13.1. The third-order valence-electron chi connectivity index (χ3n) is 4.78. The Kier molecular flexibility index (Phi) is 5.38. The number of amides is 1. The van der Waals surface area contributed by atoms with Crippen molar-refractivity contribution in [1.82, 2.24) is 14.8 Å². The highest BCUT2D eigenvalue weighted by Gasteiger charge is 2.13. The van der Waals surface area contributed by atoms with Gasteiger partial charge in [-0.1, -0.05) is 13.0 Å². The molecule has 0 saturated carbocycles. The molecule has 0 saturated heterocycles. The number of anilines is 1. The number of nitrogens with zero attached hydrogens (tertiary/aromatic N) is 3. The molecule has 0 bridgehead atoms. The number of carbonyl (C=O) groups is 1. The highest BCUT2D eigenvalue weighted by atomic mass is 16.5. The molecule has 2 heterocycles. The van der Waals surface area contributed by atoms with Crippen LogP contribution in [0.2, 0.25) is 0 Å². The molecule has 0 aliphatic heterocycles. The molecule has 0 fully saturated rings. The lowest BCUT2D eigenvalue weighted by Gasteiger charge is -2.12. The Balaban J connectivity index is 1.58. The van der Waals surface area contributed by atoms with Crippen LogP contribution in [0.1, 0.15) is 12.8 Å². The van der Waals surface area contributed by atoms with Crippen molar-refractivity contribution in [2.24, 2.45) is 0 Å². The Hall–Kier alpha value is -3.81. The Morgan fingerprint density at radius 2 is 1.97 bits per heavy atom. The number of rotatable bonds is 7. The topological polar surface area (TPSA) is 91.4 Å². The molecule has 0 aliphatic carbocycles. The molecular weight excluding hydrogens is 384 g/mol. The van der Waals surface area contributed by atoms with Gasteiger partial charge in [-0.15, -0.1) is 10.2 Å². The number of aromatic nitrogens is 3. The molecule has 4 rings (SSSR count). The Labute approximate surface area is 173 Å². The van der Waals surface area contributed by atoms with Crippen LogP contribution in [0.25, 0.3) is 22.4 Å². The maximum atomic E-state index is 12.7. The SMILES string of the molecule is CCc1nnc(-c2ccc3ccn(CC(=O)Nc4cc(OC)ccc4OC)c3c2)o1. The van der Waals surface area contributed by atoms with Gasteiger partial charge < -0.3 is 23.8 Å². The number of benzene rings is 2. The molecule has 8 nitrogen and oxygen atoms in total. The minimum atomic E-state index is -0.185. The van der Waals surface area contributed by atoms with E-state index in [1.54, 1.807) is 32.4 Å². The molecule has 30 heavy (non-hydrogen) atoms. The van der Waals surface area contributed by atoms with Crippen LogP contribution in [0.3, 0.4) is 0 Å². The molecule has 0 unspecified atom stereocenters. The Morgan fingerprint density at radius 1 is 1.10 bits per heavy atom. The highest BCUT2D eigenvalue weighted by molar-refractivity contribution is 5.94. The molecule has 4 aromatic rings. The first kappa shape index (κ1) is 19.5. The lowest BCUT2D eigenvalue weighted by atomic mass is 10.1. The van der Waals surface area contributed by atoms with E-state index < -0.39 is 0 Å². The summed E-state index contributed by atoms with van der Waals surface area (Å²) in [7, 11) is 3.13. The van der Waals surface area contributed by atoms with Crippen LogP contribution >= 0.6 is 0 Å². The summed E-state index contributed by atoms with van der Waals surface area (Å²) >= 11 is 0. The smallest absolute Gasteiger partial charge is 0.247 e. The number of hydrogen-bond acceptors (Lipinski definition) is 6. The molecule has 8 heteroatoms. The van der Waals surface area contributed by atoms with Crippen molar-refractivity contribution in [3.8, 4) is 23.0 Å². The van der Waals surface area contributed by atoms with Crippen molar-refractivity contribution in [3.05, 3.63) is 54.6 Å². The Morgan fingerprint density at radius 3 is 2.70 bits per heavy atom. The minimum Gasteiger partial charge on any atom is -0.497 e.